The number of hydrogen-bond donors (Lipinski definition) is 1. The third kappa shape index (κ3) is 2.66. The maximum absolute atomic E-state index is 6.15. The molecule has 0 bridgehead atoms. The van der Waals surface area contributed by atoms with Gasteiger partial charge in [0.15, 0.2) is 0 Å². The van der Waals surface area contributed by atoms with Crippen molar-refractivity contribution in [2.24, 2.45) is 5.73 Å². The zero-order valence-corrected chi connectivity index (χ0v) is 11.2. The zero-order valence-electron chi connectivity index (χ0n) is 10.4. The van der Waals surface area contributed by atoms with E-state index in [2.05, 4.69) is 18.7 Å². The zero-order chi connectivity index (χ0) is 12.3. The van der Waals surface area contributed by atoms with Gasteiger partial charge in [0, 0.05) is 11.4 Å². The second-order valence-corrected chi connectivity index (χ2v) is 4.03. The lowest BCUT2D eigenvalue weighted by Crippen LogP contribution is -2.09. The third-order valence-electron chi connectivity index (χ3n) is 2.96. The Morgan fingerprint density at radius 1 is 1.22 bits per heavy atom. The summed E-state index contributed by atoms with van der Waals surface area (Å²) in [6.45, 7) is 3.74. The SMILES string of the molecule is C=CC[C@@H](N)c1ccc(OC)c2ccccc12.Cl. The second kappa shape index (κ2) is 6.43. The summed E-state index contributed by atoms with van der Waals surface area (Å²) in [6.07, 6.45) is 2.62. The molecule has 1 atom stereocenters. The molecule has 0 aromatic heterocycles. The molecule has 0 radical (unpaired) electrons. The normalized spacial score (nSPS) is 11.7. The Labute approximate surface area is 114 Å². The summed E-state index contributed by atoms with van der Waals surface area (Å²) in [5.41, 5.74) is 7.29. The highest BCUT2D eigenvalue weighted by Crippen LogP contribution is 2.31. The Morgan fingerprint density at radius 2 is 1.89 bits per heavy atom. The van der Waals surface area contributed by atoms with Crippen molar-refractivity contribution >= 4 is 23.2 Å². The van der Waals surface area contributed by atoms with Crippen molar-refractivity contribution < 1.29 is 4.74 Å². The van der Waals surface area contributed by atoms with Crippen LogP contribution in [0.2, 0.25) is 0 Å². The first-order valence-corrected chi connectivity index (χ1v) is 5.70. The van der Waals surface area contributed by atoms with Gasteiger partial charge in [0.1, 0.15) is 5.75 Å². The number of ether oxygens (including phenoxy) is 1. The van der Waals surface area contributed by atoms with Gasteiger partial charge in [-0.25, -0.2) is 0 Å². The fourth-order valence-electron chi connectivity index (χ4n) is 2.10. The van der Waals surface area contributed by atoms with E-state index in [0.717, 1.165) is 28.5 Å². The van der Waals surface area contributed by atoms with E-state index in [9.17, 15) is 0 Å². The minimum Gasteiger partial charge on any atom is -0.496 e. The standard InChI is InChI=1S/C15H17NO.ClH/c1-3-6-14(16)12-9-10-15(17-2)13-8-5-4-7-11(12)13;/h3-5,7-10,14H,1,6,16H2,2H3;1H/t14-;/m1./s1. The lowest BCUT2D eigenvalue weighted by molar-refractivity contribution is 0.419. The van der Waals surface area contributed by atoms with E-state index < -0.39 is 0 Å². The lowest BCUT2D eigenvalue weighted by Gasteiger charge is -2.15. The van der Waals surface area contributed by atoms with Crippen molar-refractivity contribution in [2.75, 3.05) is 7.11 Å². The Kier molecular flexibility index (Phi) is 5.20. The molecular formula is C15H18ClNO. The van der Waals surface area contributed by atoms with Crippen LogP contribution < -0.4 is 10.5 Å². The fraction of sp³-hybridized carbons (Fsp3) is 0.200. The number of fused-ring (bicyclic) bond motifs is 1. The fourth-order valence-corrected chi connectivity index (χ4v) is 2.10. The third-order valence-corrected chi connectivity index (χ3v) is 2.96. The number of hydrogen-bond acceptors (Lipinski definition) is 2. The predicted molar refractivity (Wildman–Crippen MR) is 79.5 cm³/mol. The number of halogens is 1. The van der Waals surface area contributed by atoms with Crippen LogP contribution in [0.5, 0.6) is 5.75 Å². The van der Waals surface area contributed by atoms with Crippen LogP contribution in [-0.4, -0.2) is 7.11 Å². The van der Waals surface area contributed by atoms with Crippen LogP contribution in [0.25, 0.3) is 10.8 Å². The van der Waals surface area contributed by atoms with Crippen molar-refractivity contribution in [2.45, 2.75) is 12.5 Å². The average Bonchev–Trinajstić information content (AvgIpc) is 2.37. The van der Waals surface area contributed by atoms with E-state index in [1.165, 1.54) is 0 Å². The summed E-state index contributed by atoms with van der Waals surface area (Å²) < 4.78 is 5.36. The van der Waals surface area contributed by atoms with Crippen molar-refractivity contribution in [1.29, 1.82) is 0 Å². The van der Waals surface area contributed by atoms with Gasteiger partial charge in [-0.05, 0) is 23.4 Å². The van der Waals surface area contributed by atoms with Gasteiger partial charge < -0.3 is 10.5 Å². The first-order valence-electron chi connectivity index (χ1n) is 5.70. The predicted octanol–water partition coefficient (Wildman–Crippen LogP) is 3.85. The maximum Gasteiger partial charge on any atom is 0.126 e. The van der Waals surface area contributed by atoms with Crippen LogP contribution in [0.3, 0.4) is 0 Å². The molecule has 0 aliphatic heterocycles. The van der Waals surface area contributed by atoms with Crippen LogP contribution in [0.1, 0.15) is 18.0 Å². The quantitative estimate of drug-likeness (QED) is 0.851. The molecule has 0 unspecified atom stereocenters. The van der Waals surface area contributed by atoms with E-state index in [-0.39, 0.29) is 18.4 Å². The smallest absolute Gasteiger partial charge is 0.126 e. The van der Waals surface area contributed by atoms with Gasteiger partial charge in [-0.1, -0.05) is 36.4 Å². The van der Waals surface area contributed by atoms with Gasteiger partial charge in [0.05, 0.1) is 7.11 Å². The summed E-state index contributed by atoms with van der Waals surface area (Å²) >= 11 is 0. The highest BCUT2D eigenvalue weighted by molar-refractivity contribution is 5.91. The molecule has 0 saturated carbocycles. The van der Waals surface area contributed by atoms with Crippen molar-refractivity contribution in [1.82, 2.24) is 0 Å². The van der Waals surface area contributed by atoms with Gasteiger partial charge in [-0.3, -0.25) is 0 Å². The number of nitrogens with two attached hydrogens (primary N) is 1. The molecule has 0 saturated heterocycles. The van der Waals surface area contributed by atoms with Crippen LogP contribution in [0.4, 0.5) is 0 Å². The van der Waals surface area contributed by atoms with Gasteiger partial charge in [0.2, 0.25) is 0 Å². The van der Waals surface area contributed by atoms with Crippen molar-refractivity contribution in [3.63, 3.8) is 0 Å². The Balaban J connectivity index is 0.00000162. The Hall–Kier alpha value is -1.51. The number of rotatable bonds is 4. The van der Waals surface area contributed by atoms with Crippen LogP contribution in [-0.2, 0) is 0 Å². The summed E-state index contributed by atoms with van der Waals surface area (Å²) in [5.74, 6) is 0.884. The Bertz CT molecular complexity index is 539. The second-order valence-electron chi connectivity index (χ2n) is 4.03. The highest BCUT2D eigenvalue weighted by atomic mass is 35.5. The van der Waals surface area contributed by atoms with Gasteiger partial charge in [-0.2, -0.15) is 0 Å². The van der Waals surface area contributed by atoms with Crippen LogP contribution in [0.15, 0.2) is 49.1 Å². The summed E-state index contributed by atoms with van der Waals surface area (Å²) in [4.78, 5) is 0. The van der Waals surface area contributed by atoms with Gasteiger partial charge in [0.25, 0.3) is 0 Å². The topological polar surface area (TPSA) is 35.2 Å². The van der Waals surface area contributed by atoms with Crippen LogP contribution >= 0.6 is 12.4 Å². The molecule has 18 heavy (non-hydrogen) atoms. The summed E-state index contributed by atoms with van der Waals surface area (Å²) in [6, 6.07) is 12.2. The van der Waals surface area contributed by atoms with Gasteiger partial charge in [-0.15, -0.1) is 19.0 Å². The molecule has 0 spiro atoms. The van der Waals surface area contributed by atoms with Gasteiger partial charge >= 0.3 is 0 Å². The molecule has 3 heteroatoms. The first-order chi connectivity index (χ1) is 8.27. The van der Waals surface area contributed by atoms with Crippen LogP contribution in [0, 0.1) is 0 Å². The van der Waals surface area contributed by atoms with Crippen molar-refractivity contribution in [3.8, 4) is 5.75 Å². The number of methoxy groups -OCH3 is 1. The van der Waals surface area contributed by atoms with E-state index in [4.69, 9.17) is 10.5 Å². The summed E-state index contributed by atoms with van der Waals surface area (Å²) in [7, 11) is 1.69. The minimum atomic E-state index is -0.0108. The van der Waals surface area contributed by atoms with E-state index in [1.54, 1.807) is 7.11 Å². The molecule has 0 amide bonds. The molecule has 96 valence electrons. The minimum absolute atomic E-state index is 0. The van der Waals surface area contributed by atoms with E-state index in [1.807, 2.05) is 30.3 Å². The molecule has 0 aliphatic carbocycles. The number of benzene rings is 2. The highest BCUT2D eigenvalue weighted by Gasteiger charge is 2.10. The molecule has 2 rings (SSSR count). The largest absolute Gasteiger partial charge is 0.496 e. The van der Waals surface area contributed by atoms with E-state index >= 15 is 0 Å². The molecule has 2 N–H and O–H groups in total. The first kappa shape index (κ1) is 14.6. The van der Waals surface area contributed by atoms with E-state index in [0.29, 0.717) is 0 Å². The monoisotopic (exact) mass is 263 g/mol. The molecule has 2 nitrogen and oxygen atoms in total. The Morgan fingerprint density at radius 3 is 2.50 bits per heavy atom. The molecular weight excluding hydrogens is 246 g/mol. The maximum atomic E-state index is 6.15. The molecule has 0 aliphatic rings. The van der Waals surface area contributed by atoms with Crippen molar-refractivity contribution in [3.05, 3.63) is 54.6 Å². The molecule has 0 fully saturated rings. The average molecular weight is 264 g/mol. The molecule has 2 aromatic carbocycles. The molecule has 0 heterocycles. The summed E-state index contributed by atoms with van der Waals surface area (Å²) in [5, 5.41) is 2.26. The lowest BCUT2D eigenvalue weighted by atomic mass is 9.97. The molecule has 2 aromatic rings.